The van der Waals surface area contributed by atoms with Gasteiger partial charge in [-0.25, -0.2) is 9.97 Å². The van der Waals surface area contributed by atoms with Crippen LogP contribution in [0.15, 0.2) is 6.07 Å². The van der Waals surface area contributed by atoms with Crippen LogP contribution in [0, 0.1) is 0 Å². The largest absolute Gasteiger partial charge is 0.356 e. The van der Waals surface area contributed by atoms with Gasteiger partial charge in [0.2, 0.25) is 0 Å². The van der Waals surface area contributed by atoms with Crippen LogP contribution in [0.2, 0.25) is 5.15 Å². The molecule has 3 nitrogen and oxygen atoms in total. The van der Waals surface area contributed by atoms with E-state index in [2.05, 4.69) is 44.5 Å². The highest BCUT2D eigenvalue weighted by Gasteiger charge is 2.20. The van der Waals surface area contributed by atoms with E-state index in [-0.39, 0.29) is 5.41 Å². The molecule has 0 saturated carbocycles. The second kappa shape index (κ2) is 7.82. The standard InChI is InChI=1S/C16H28ClN3/c1-6-8-10-20(11-9-7-2)14-12-13(17)18-15(19-14)16(3,4)5/h12H,6-11H2,1-5H3. The Morgan fingerprint density at radius 2 is 1.60 bits per heavy atom. The van der Waals surface area contributed by atoms with Crippen LogP contribution in [0.1, 0.15) is 66.1 Å². The maximum absolute atomic E-state index is 6.19. The molecule has 0 aliphatic rings. The first kappa shape index (κ1) is 17.2. The quantitative estimate of drug-likeness (QED) is 0.675. The Kier molecular flexibility index (Phi) is 6.74. The zero-order valence-electron chi connectivity index (χ0n) is 13.5. The third kappa shape index (κ3) is 5.28. The first-order chi connectivity index (χ1) is 9.38. The molecule has 0 aliphatic heterocycles. The Hall–Kier alpha value is -0.830. The Labute approximate surface area is 128 Å². The minimum Gasteiger partial charge on any atom is -0.356 e. The minimum atomic E-state index is -0.0825. The van der Waals surface area contributed by atoms with Crippen LogP contribution >= 0.6 is 11.6 Å². The minimum absolute atomic E-state index is 0.0825. The normalized spacial score (nSPS) is 11.7. The fraction of sp³-hybridized carbons (Fsp3) is 0.750. The van der Waals surface area contributed by atoms with Gasteiger partial charge in [-0.3, -0.25) is 0 Å². The molecule has 1 heterocycles. The van der Waals surface area contributed by atoms with Gasteiger partial charge in [-0.05, 0) is 12.8 Å². The van der Waals surface area contributed by atoms with Crippen LogP contribution in [0.5, 0.6) is 0 Å². The van der Waals surface area contributed by atoms with Crippen molar-refractivity contribution in [3.8, 4) is 0 Å². The van der Waals surface area contributed by atoms with Gasteiger partial charge in [-0.1, -0.05) is 59.1 Å². The highest BCUT2D eigenvalue weighted by atomic mass is 35.5. The van der Waals surface area contributed by atoms with Crippen LogP contribution in [-0.4, -0.2) is 23.1 Å². The van der Waals surface area contributed by atoms with Gasteiger partial charge in [0.25, 0.3) is 0 Å². The van der Waals surface area contributed by atoms with Crippen molar-refractivity contribution in [1.29, 1.82) is 0 Å². The molecule has 0 atom stereocenters. The fourth-order valence-corrected chi connectivity index (χ4v) is 2.12. The van der Waals surface area contributed by atoms with Crippen LogP contribution in [0.25, 0.3) is 0 Å². The number of hydrogen-bond acceptors (Lipinski definition) is 3. The van der Waals surface area contributed by atoms with Crippen molar-refractivity contribution in [2.45, 2.75) is 65.7 Å². The topological polar surface area (TPSA) is 29.0 Å². The molecule has 0 aromatic carbocycles. The molecule has 0 spiro atoms. The van der Waals surface area contributed by atoms with Gasteiger partial charge >= 0.3 is 0 Å². The molecule has 0 radical (unpaired) electrons. The molecule has 4 heteroatoms. The fourth-order valence-electron chi connectivity index (χ4n) is 1.94. The second-order valence-corrected chi connectivity index (χ2v) is 6.70. The van der Waals surface area contributed by atoms with E-state index in [0.29, 0.717) is 5.15 Å². The summed E-state index contributed by atoms with van der Waals surface area (Å²) in [5.74, 6) is 1.79. The molecule has 1 aromatic heterocycles. The van der Waals surface area contributed by atoms with Crippen molar-refractivity contribution in [2.24, 2.45) is 0 Å². The number of hydrogen-bond donors (Lipinski definition) is 0. The van der Waals surface area contributed by atoms with Crippen LogP contribution < -0.4 is 4.90 Å². The molecule has 0 N–H and O–H groups in total. The Balaban J connectivity index is 3.02. The van der Waals surface area contributed by atoms with Crippen molar-refractivity contribution in [3.63, 3.8) is 0 Å². The molecule has 1 aromatic rings. The van der Waals surface area contributed by atoms with E-state index in [1.165, 1.54) is 25.7 Å². The van der Waals surface area contributed by atoms with Gasteiger partial charge in [0.15, 0.2) is 0 Å². The molecule has 0 unspecified atom stereocenters. The van der Waals surface area contributed by atoms with E-state index >= 15 is 0 Å². The predicted octanol–water partition coefficient (Wildman–Crippen LogP) is 4.83. The maximum atomic E-state index is 6.19. The Morgan fingerprint density at radius 3 is 2.05 bits per heavy atom. The van der Waals surface area contributed by atoms with Crippen molar-refractivity contribution in [2.75, 3.05) is 18.0 Å². The van der Waals surface area contributed by atoms with Crippen LogP contribution in [0.4, 0.5) is 5.82 Å². The molecule has 0 bridgehead atoms. The number of unbranched alkanes of at least 4 members (excludes halogenated alkanes) is 2. The number of aromatic nitrogens is 2. The van der Waals surface area contributed by atoms with E-state index in [9.17, 15) is 0 Å². The van der Waals surface area contributed by atoms with Gasteiger partial charge in [0.05, 0.1) is 0 Å². The second-order valence-electron chi connectivity index (χ2n) is 6.32. The smallest absolute Gasteiger partial charge is 0.137 e. The average molecular weight is 298 g/mol. The van der Waals surface area contributed by atoms with Crippen LogP contribution in [-0.2, 0) is 5.41 Å². The summed E-state index contributed by atoms with van der Waals surface area (Å²) < 4.78 is 0. The van der Waals surface area contributed by atoms with Gasteiger partial charge in [0.1, 0.15) is 16.8 Å². The van der Waals surface area contributed by atoms with Crippen LogP contribution in [0.3, 0.4) is 0 Å². The highest BCUT2D eigenvalue weighted by molar-refractivity contribution is 6.29. The average Bonchev–Trinajstić information content (AvgIpc) is 2.37. The first-order valence-electron chi connectivity index (χ1n) is 7.68. The van der Waals surface area contributed by atoms with Crippen molar-refractivity contribution >= 4 is 17.4 Å². The highest BCUT2D eigenvalue weighted by Crippen LogP contribution is 2.24. The molecule has 114 valence electrons. The van der Waals surface area contributed by atoms with Crippen molar-refractivity contribution < 1.29 is 0 Å². The zero-order chi connectivity index (χ0) is 15.2. The number of halogens is 1. The third-order valence-electron chi connectivity index (χ3n) is 3.24. The third-order valence-corrected chi connectivity index (χ3v) is 3.43. The lowest BCUT2D eigenvalue weighted by Gasteiger charge is -2.26. The summed E-state index contributed by atoms with van der Waals surface area (Å²) >= 11 is 6.19. The Bertz CT molecular complexity index is 405. The summed E-state index contributed by atoms with van der Waals surface area (Å²) in [6, 6.07) is 1.89. The lowest BCUT2D eigenvalue weighted by atomic mass is 9.96. The molecule has 0 amide bonds. The number of rotatable bonds is 7. The molecular formula is C16H28ClN3. The molecule has 1 rings (SSSR count). The van der Waals surface area contributed by atoms with Crippen molar-refractivity contribution in [1.82, 2.24) is 9.97 Å². The van der Waals surface area contributed by atoms with E-state index in [4.69, 9.17) is 16.6 Å². The summed E-state index contributed by atoms with van der Waals surface area (Å²) in [4.78, 5) is 11.5. The van der Waals surface area contributed by atoms with Gasteiger partial charge < -0.3 is 4.90 Å². The summed E-state index contributed by atoms with van der Waals surface area (Å²) in [7, 11) is 0. The summed E-state index contributed by atoms with van der Waals surface area (Å²) in [6.07, 6.45) is 4.73. The molecule has 20 heavy (non-hydrogen) atoms. The summed E-state index contributed by atoms with van der Waals surface area (Å²) in [5, 5.41) is 0.540. The SMILES string of the molecule is CCCCN(CCCC)c1cc(Cl)nc(C(C)(C)C)n1. The zero-order valence-corrected chi connectivity index (χ0v) is 14.3. The summed E-state index contributed by atoms with van der Waals surface area (Å²) in [5.41, 5.74) is -0.0825. The monoisotopic (exact) mass is 297 g/mol. The van der Waals surface area contributed by atoms with Crippen molar-refractivity contribution in [3.05, 3.63) is 17.0 Å². The van der Waals surface area contributed by atoms with E-state index in [1.54, 1.807) is 0 Å². The molecule has 0 aliphatic carbocycles. The van der Waals surface area contributed by atoms with E-state index < -0.39 is 0 Å². The lowest BCUT2D eigenvalue weighted by Crippen LogP contribution is -2.28. The number of anilines is 1. The first-order valence-corrected chi connectivity index (χ1v) is 8.06. The van der Waals surface area contributed by atoms with Gasteiger partial charge in [-0.15, -0.1) is 0 Å². The summed E-state index contributed by atoms with van der Waals surface area (Å²) in [6.45, 7) is 12.8. The van der Waals surface area contributed by atoms with Gasteiger partial charge in [0, 0.05) is 24.6 Å². The van der Waals surface area contributed by atoms with Gasteiger partial charge in [-0.2, -0.15) is 0 Å². The Morgan fingerprint density at radius 1 is 1.05 bits per heavy atom. The molecule has 0 fully saturated rings. The van der Waals surface area contributed by atoms with E-state index in [0.717, 1.165) is 24.7 Å². The number of nitrogens with zero attached hydrogens (tertiary/aromatic N) is 3. The maximum Gasteiger partial charge on any atom is 0.137 e. The molecule has 0 saturated heterocycles. The lowest BCUT2D eigenvalue weighted by molar-refractivity contribution is 0.542. The van der Waals surface area contributed by atoms with E-state index in [1.807, 2.05) is 6.07 Å². The predicted molar refractivity (Wildman–Crippen MR) is 87.8 cm³/mol. The molecular weight excluding hydrogens is 270 g/mol.